The Morgan fingerprint density at radius 2 is 1.57 bits per heavy atom. The van der Waals surface area contributed by atoms with Crippen LogP contribution in [0.4, 0.5) is 5.69 Å². The summed E-state index contributed by atoms with van der Waals surface area (Å²) in [5.74, 6) is -0.0278. The first-order valence-electron chi connectivity index (χ1n) is 9.93. The molecule has 0 unspecified atom stereocenters. The lowest BCUT2D eigenvalue weighted by Crippen LogP contribution is -2.44. The van der Waals surface area contributed by atoms with Gasteiger partial charge >= 0.3 is 0 Å². The van der Waals surface area contributed by atoms with Crippen LogP contribution < -0.4 is 5.32 Å². The van der Waals surface area contributed by atoms with Crippen LogP contribution in [-0.2, 0) is 0 Å². The molecule has 2 heterocycles. The van der Waals surface area contributed by atoms with E-state index < -0.39 is 6.17 Å². The summed E-state index contributed by atoms with van der Waals surface area (Å²) in [5, 5.41) is 12.6. The van der Waals surface area contributed by atoms with Crippen LogP contribution in [0.25, 0.3) is 5.69 Å². The minimum Gasteiger partial charge on any atom is -0.359 e. The number of carbonyl (C=O) groups is 1. The van der Waals surface area contributed by atoms with E-state index in [0.717, 1.165) is 16.9 Å². The van der Waals surface area contributed by atoms with Crippen molar-refractivity contribution in [2.24, 2.45) is 0 Å². The number of carbonyl (C=O) groups excluding carboxylic acids is 1. The van der Waals surface area contributed by atoms with E-state index in [1.165, 1.54) is 0 Å². The standard InChI is InChI=1S/C24H21N5O/c1-17(18-10-4-2-5-11-18)28-23(26-21-15-9-8-14-20(21)24(28)30)22-16-25-29(27-22)19-12-6-3-7-13-19/h2-17,23,26H,1H3/t17-,23-/m1/s1. The quantitative estimate of drug-likeness (QED) is 0.549. The van der Waals surface area contributed by atoms with Crippen LogP contribution in [-0.4, -0.2) is 25.8 Å². The zero-order valence-electron chi connectivity index (χ0n) is 16.5. The molecule has 4 aromatic rings. The maximum atomic E-state index is 13.5. The van der Waals surface area contributed by atoms with E-state index in [9.17, 15) is 4.79 Å². The lowest BCUT2D eigenvalue weighted by molar-refractivity contribution is 0.0591. The molecule has 30 heavy (non-hydrogen) atoms. The third kappa shape index (κ3) is 3.12. The van der Waals surface area contributed by atoms with Crippen molar-refractivity contribution >= 4 is 11.6 Å². The molecule has 1 aliphatic rings. The van der Waals surface area contributed by atoms with Crippen LogP contribution in [0.2, 0.25) is 0 Å². The highest BCUT2D eigenvalue weighted by atomic mass is 16.2. The van der Waals surface area contributed by atoms with Gasteiger partial charge in [-0.05, 0) is 36.8 Å². The summed E-state index contributed by atoms with van der Waals surface area (Å²) in [6, 6.07) is 27.2. The van der Waals surface area contributed by atoms with Crippen LogP contribution in [0.3, 0.4) is 0 Å². The molecule has 5 rings (SSSR count). The molecule has 1 N–H and O–H groups in total. The maximum absolute atomic E-state index is 13.5. The lowest BCUT2D eigenvalue weighted by Gasteiger charge is -2.40. The number of nitrogens with one attached hydrogen (secondary N) is 1. The highest BCUT2D eigenvalue weighted by molar-refractivity contribution is 6.01. The SMILES string of the molecule is C[C@H](c1ccccc1)N1C(=O)c2ccccc2N[C@H]1c1cnn(-c2ccccc2)n1. The van der Waals surface area contributed by atoms with Crippen molar-refractivity contribution in [3.8, 4) is 5.69 Å². The van der Waals surface area contributed by atoms with Gasteiger partial charge in [0.25, 0.3) is 5.91 Å². The Kier molecular flexibility index (Phi) is 4.52. The van der Waals surface area contributed by atoms with Gasteiger partial charge in [-0.3, -0.25) is 4.79 Å². The van der Waals surface area contributed by atoms with Crippen molar-refractivity contribution in [3.05, 3.63) is 108 Å². The Balaban J connectivity index is 1.58. The van der Waals surface area contributed by atoms with Gasteiger partial charge < -0.3 is 10.2 Å². The first-order valence-corrected chi connectivity index (χ1v) is 9.93. The average molecular weight is 395 g/mol. The fraction of sp³-hybridized carbons (Fsp3) is 0.125. The van der Waals surface area contributed by atoms with Crippen LogP contribution in [0.5, 0.6) is 0 Å². The summed E-state index contributed by atoms with van der Waals surface area (Å²) in [6.45, 7) is 2.04. The number of rotatable bonds is 4. The average Bonchev–Trinajstić information content (AvgIpc) is 3.30. The van der Waals surface area contributed by atoms with Gasteiger partial charge in [-0.25, -0.2) is 0 Å². The van der Waals surface area contributed by atoms with Crippen molar-refractivity contribution in [1.82, 2.24) is 19.9 Å². The molecule has 6 nitrogen and oxygen atoms in total. The summed E-state index contributed by atoms with van der Waals surface area (Å²) >= 11 is 0. The fourth-order valence-electron chi connectivity index (χ4n) is 3.86. The number of amides is 1. The third-order valence-corrected chi connectivity index (χ3v) is 5.44. The Hall–Kier alpha value is -3.93. The van der Waals surface area contributed by atoms with E-state index in [4.69, 9.17) is 0 Å². The summed E-state index contributed by atoms with van der Waals surface area (Å²) < 4.78 is 0. The van der Waals surface area contributed by atoms with E-state index in [-0.39, 0.29) is 11.9 Å². The fourth-order valence-corrected chi connectivity index (χ4v) is 3.86. The number of hydrogen-bond donors (Lipinski definition) is 1. The minimum atomic E-state index is -0.430. The molecule has 2 atom stereocenters. The number of nitrogens with zero attached hydrogens (tertiary/aromatic N) is 4. The molecule has 0 saturated heterocycles. The third-order valence-electron chi connectivity index (χ3n) is 5.44. The van der Waals surface area contributed by atoms with E-state index in [1.54, 1.807) is 11.0 Å². The van der Waals surface area contributed by atoms with Gasteiger partial charge in [-0.1, -0.05) is 60.7 Å². The molecule has 1 aromatic heterocycles. The molecule has 0 saturated carbocycles. The van der Waals surface area contributed by atoms with Crippen molar-refractivity contribution in [2.45, 2.75) is 19.1 Å². The van der Waals surface area contributed by atoms with Crippen molar-refractivity contribution in [1.29, 1.82) is 0 Å². The molecule has 0 bridgehead atoms. The Labute approximate surface area is 174 Å². The number of para-hydroxylation sites is 2. The van der Waals surface area contributed by atoms with Gasteiger partial charge in [-0.15, -0.1) is 5.10 Å². The Morgan fingerprint density at radius 1 is 0.900 bits per heavy atom. The van der Waals surface area contributed by atoms with Gasteiger partial charge in [0.2, 0.25) is 0 Å². The van der Waals surface area contributed by atoms with E-state index >= 15 is 0 Å². The topological polar surface area (TPSA) is 63.1 Å². The van der Waals surface area contributed by atoms with Crippen molar-refractivity contribution in [3.63, 3.8) is 0 Å². The smallest absolute Gasteiger partial charge is 0.258 e. The van der Waals surface area contributed by atoms with Crippen LogP contribution in [0.15, 0.2) is 91.1 Å². The van der Waals surface area contributed by atoms with Gasteiger partial charge in [0, 0.05) is 5.69 Å². The molecule has 3 aromatic carbocycles. The van der Waals surface area contributed by atoms with Gasteiger partial charge in [0.15, 0.2) is 0 Å². The molecule has 148 valence electrons. The molecule has 0 aliphatic carbocycles. The second-order valence-corrected chi connectivity index (χ2v) is 7.29. The highest BCUT2D eigenvalue weighted by Gasteiger charge is 2.37. The Bertz CT molecular complexity index is 1170. The molecule has 0 spiro atoms. The van der Waals surface area contributed by atoms with Gasteiger partial charge in [-0.2, -0.15) is 9.90 Å². The molecule has 6 heteroatoms. The number of fused-ring (bicyclic) bond motifs is 1. The first kappa shape index (κ1) is 18.1. The molecule has 1 amide bonds. The molecule has 1 aliphatic heterocycles. The van der Waals surface area contributed by atoms with E-state index in [2.05, 4.69) is 15.5 Å². The number of anilines is 1. The number of hydrogen-bond acceptors (Lipinski definition) is 4. The largest absolute Gasteiger partial charge is 0.359 e. The summed E-state index contributed by atoms with van der Waals surface area (Å²) in [6.07, 6.45) is 1.29. The highest BCUT2D eigenvalue weighted by Crippen LogP contribution is 2.38. The number of benzene rings is 3. The predicted octanol–water partition coefficient (Wildman–Crippen LogP) is 4.60. The number of aromatic nitrogens is 3. The molecular weight excluding hydrogens is 374 g/mol. The first-order chi connectivity index (χ1) is 14.7. The van der Waals surface area contributed by atoms with Crippen LogP contribution >= 0.6 is 0 Å². The van der Waals surface area contributed by atoms with Gasteiger partial charge in [0.05, 0.1) is 23.5 Å². The summed E-state index contributed by atoms with van der Waals surface area (Å²) in [7, 11) is 0. The zero-order chi connectivity index (χ0) is 20.5. The molecule has 0 fully saturated rings. The second-order valence-electron chi connectivity index (χ2n) is 7.29. The van der Waals surface area contributed by atoms with Crippen LogP contribution in [0.1, 0.15) is 40.7 Å². The second kappa shape index (κ2) is 7.48. The van der Waals surface area contributed by atoms with E-state index in [1.807, 2.05) is 96.8 Å². The molecular formula is C24H21N5O. The monoisotopic (exact) mass is 395 g/mol. The van der Waals surface area contributed by atoms with Crippen LogP contribution in [0, 0.1) is 0 Å². The predicted molar refractivity (Wildman–Crippen MR) is 115 cm³/mol. The van der Waals surface area contributed by atoms with Gasteiger partial charge in [0.1, 0.15) is 11.9 Å². The maximum Gasteiger partial charge on any atom is 0.258 e. The summed E-state index contributed by atoms with van der Waals surface area (Å²) in [4.78, 5) is 17.0. The normalized spacial score (nSPS) is 16.6. The molecule has 0 radical (unpaired) electrons. The van der Waals surface area contributed by atoms with E-state index in [0.29, 0.717) is 11.3 Å². The lowest BCUT2D eigenvalue weighted by atomic mass is 10.0. The minimum absolute atomic E-state index is 0.0278. The summed E-state index contributed by atoms with van der Waals surface area (Å²) in [5.41, 5.74) is 4.08. The van der Waals surface area contributed by atoms with Crippen molar-refractivity contribution < 1.29 is 4.79 Å². The Morgan fingerprint density at radius 3 is 2.33 bits per heavy atom. The zero-order valence-corrected chi connectivity index (χ0v) is 16.5. The van der Waals surface area contributed by atoms with Crippen molar-refractivity contribution in [2.75, 3.05) is 5.32 Å².